The van der Waals surface area contributed by atoms with Gasteiger partial charge in [-0.15, -0.1) is 0 Å². The summed E-state index contributed by atoms with van der Waals surface area (Å²) in [5, 5.41) is 2.31. The first-order chi connectivity index (χ1) is 9.63. The molecule has 0 N–H and O–H groups in total. The first kappa shape index (κ1) is 14.4. The van der Waals surface area contributed by atoms with E-state index in [1.54, 1.807) is 14.0 Å². The number of carbonyl (C=O) groups is 1. The Balaban J connectivity index is 2.16. The fourth-order valence-corrected chi connectivity index (χ4v) is 2.09. The zero-order valence-electron chi connectivity index (χ0n) is 12.2. The molecule has 0 aromatic heterocycles. The first-order valence-corrected chi connectivity index (χ1v) is 6.87. The molecular formula is C17H20O3. The minimum Gasteiger partial charge on any atom is -0.497 e. The molecule has 3 nitrogen and oxygen atoms in total. The van der Waals surface area contributed by atoms with Gasteiger partial charge in [-0.25, -0.2) is 0 Å². The lowest BCUT2D eigenvalue weighted by Gasteiger charge is -2.13. The summed E-state index contributed by atoms with van der Waals surface area (Å²) in [5.74, 6) is 0.898. The third-order valence-electron chi connectivity index (χ3n) is 3.42. The third-order valence-corrected chi connectivity index (χ3v) is 3.42. The van der Waals surface area contributed by atoms with E-state index in [0.29, 0.717) is 13.0 Å². The van der Waals surface area contributed by atoms with E-state index in [0.717, 1.165) is 16.5 Å². The largest absolute Gasteiger partial charge is 0.497 e. The number of rotatable bonds is 5. The van der Waals surface area contributed by atoms with E-state index in [1.807, 2.05) is 18.2 Å². The van der Waals surface area contributed by atoms with Gasteiger partial charge in [-0.1, -0.05) is 38.1 Å². The number of esters is 1. The highest BCUT2D eigenvalue weighted by Gasteiger charge is 2.09. The van der Waals surface area contributed by atoms with Crippen LogP contribution >= 0.6 is 0 Å². The highest BCUT2D eigenvalue weighted by molar-refractivity contribution is 5.84. The average molecular weight is 272 g/mol. The molecule has 0 aliphatic carbocycles. The normalized spacial score (nSPS) is 12.2. The lowest BCUT2D eigenvalue weighted by atomic mass is 9.98. The van der Waals surface area contributed by atoms with Crippen LogP contribution in [-0.2, 0) is 9.53 Å². The molecule has 0 spiro atoms. The Morgan fingerprint density at radius 1 is 1.15 bits per heavy atom. The van der Waals surface area contributed by atoms with Crippen molar-refractivity contribution >= 4 is 16.7 Å². The number of hydrogen-bond acceptors (Lipinski definition) is 3. The second-order valence-electron chi connectivity index (χ2n) is 4.91. The van der Waals surface area contributed by atoms with Crippen molar-refractivity contribution in [2.24, 2.45) is 0 Å². The number of carbonyl (C=O) groups excluding carboxylic acids is 1. The minimum atomic E-state index is -0.151. The van der Waals surface area contributed by atoms with Crippen molar-refractivity contribution in [2.45, 2.75) is 26.2 Å². The van der Waals surface area contributed by atoms with Crippen LogP contribution < -0.4 is 4.74 Å². The molecule has 0 saturated heterocycles. The average Bonchev–Trinajstić information content (AvgIpc) is 2.50. The first-order valence-electron chi connectivity index (χ1n) is 6.87. The van der Waals surface area contributed by atoms with Crippen molar-refractivity contribution in [3.8, 4) is 5.75 Å². The summed E-state index contributed by atoms with van der Waals surface area (Å²) in [6.07, 6.45) is 0.421. The number of methoxy groups -OCH3 is 1. The monoisotopic (exact) mass is 272 g/mol. The second kappa shape index (κ2) is 6.42. The molecule has 0 unspecified atom stereocenters. The Morgan fingerprint density at radius 2 is 1.85 bits per heavy atom. The van der Waals surface area contributed by atoms with E-state index in [1.165, 1.54) is 5.56 Å². The van der Waals surface area contributed by atoms with Gasteiger partial charge >= 0.3 is 5.97 Å². The molecule has 3 heteroatoms. The van der Waals surface area contributed by atoms with Gasteiger partial charge in [0.25, 0.3) is 0 Å². The quantitative estimate of drug-likeness (QED) is 0.774. The van der Waals surface area contributed by atoms with Gasteiger partial charge in [-0.2, -0.15) is 0 Å². The zero-order valence-corrected chi connectivity index (χ0v) is 12.2. The Hall–Kier alpha value is -2.03. The van der Waals surface area contributed by atoms with Crippen LogP contribution in [0, 0.1) is 0 Å². The van der Waals surface area contributed by atoms with E-state index in [2.05, 4.69) is 25.1 Å². The predicted octanol–water partition coefficient (Wildman–Crippen LogP) is 3.91. The molecule has 0 aliphatic heterocycles. The molecule has 2 aromatic carbocycles. The van der Waals surface area contributed by atoms with Crippen molar-refractivity contribution in [3.63, 3.8) is 0 Å². The van der Waals surface area contributed by atoms with Gasteiger partial charge in [0.2, 0.25) is 0 Å². The van der Waals surface area contributed by atoms with Crippen molar-refractivity contribution in [1.29, 1.82) is 0 Å². The van der Waals surface area contributed by atoms with Crippen molar-refractivity contribution in [2.75, 3.05) is 13.7 Å². The van der Waals surface area contributed by atoms with Crippen LogP contribution in [0.3, 0.4) is 0 Å². The van der Waals surface area contributed by atoms with Crippen LogP contribution in [0.4, 0.5) is 0 Å². The molecule has 106 valence electrons. The predicted molar refractivity (Wildman–Crippen MR) is 80.2 cm³/mol. The molecule has 0 aliphatic rings. The molecule has 2 aromatic rings. The van der Waals surface area contributed by atoms with Gasteiger partial charge < -0.3 is 9.47 Å². The third kappa shape index (κ3) is 3.29. The molecule has 0 fully saturated rings. The maximum absolute atomic E-state index is 11.2. The fraction of sp³-hybridized carbons (Fsp3) is 0.353. The van der Waals surface area contributed by atoms with Crippen molar-refractivity contribution in [3.05, 3.63) is 42.0 Å². The summed E-state index contributed by atoms with van der Waals surface area (Å²) in [6.45, 7) is 4.29. The summed E-state index contributed by atoms with van der Waals surface area (Å²) in [5.41, 5.74) is 1.17. The van der Waals surface area contributed by atoms with Crippen LogP contribution in [0.25, 0.3) is 10.8 Å². The van der Waals surface area contributed by atoms with Gasteiger partial charge in [0.1, 0.15) is 5.75 Å². The summed E-state index contributed by atoms with van der Waals surface area (Å²) in [6, 6.07) is 12.3. The molecule has 0 amide bonds. The maximum atomic E-state index is 11.2. The molecule has 1 atom stereocenters. The Labute approximate surface area is 119 Å². The lowest BCUT2D eigenvalue weighted by Crippen LogP contribution is -2.09. The molecule has 2 rings (SSSR count). The fourth-order valence-electron chi connectivity index (χ4n) is 2.09. The highest BCUT2D eigenvalue weighted by atomic mass is 16.5. The number of ether oxygens (including phenoxy) is 2. The molecule has 20 heavy (non-hydrogen) atoms. The second-order valence-corrected chi connectivity index (χ2v) is 4.91. The van der Waals surface area contributed by atoms with Crippen LogP contribution in [0.1, 0.15) is 31.7 Å². The molecular weight excluding hydrogens is 252 g/mol. The Bertz CT molecular complexity index is 604. The molecule has 0 heterocycles. The van der Waals surface area contributed by atoms with Gasteiger partial charge in [0.05, 0.1) is 13.7 Å². The lowest BCUT2D eigenvalue weighted by molar-refractivity contribution is -0.143. The van der Waals surface area contributed by atoms with E-state index in [-0.39, 0.29) is 11.9 Å². The van der Waals surface area contributed by atoms with E-state index >= 15 is 0 Å². The standard InChI is InChI=1S/C17H20O3/c1-4-17(18)20-11-12(2)13-5-6-15-10-16(19-3)8-7-14(15)9-13/h5-10,12H,4,11H2,1-3H3/t12-/m0/s1. The van der Waals surface area contributed by atoms with Gasteiger partial charge in [-0.05, 0) is 28.5 Å². The Kier molecular flexibility index (Phi) is 4.61. The number of hydrogen-bond donors (Lipinski definition) is 0. The minimum absolute atomic E-state index is 0.151. The van der Waals surface area contributed by atoms with Gasteiger partial charge in [-0.3, -0.25) is 4.79 Å². The van der Waals surface area contributed by atoms with Crippen molar-refractivity contribution < 1.29 is 14.3 Å². The van der Waals surface area contributed by atoms with Crippen molar-refractivity contribution in [1.82, 2.24) is 0 Å². The summed E-state index contributed by atoms with van der Waals surface area (Å²) in [7, 11) is 1.67. The van der Waals surface area contributed by atoms with E-state index in [9.17, 15) is 4.79 Å². The van der Waals surface area contributed by atoms with Crippen LogP contribution in [-0.4, -0.2) is 19.7 Å². The van der Waals surface area contributed by atoms with Crippen LogP contribution in [0.2, 0.25) is 0 Å². The van der Waals surface area contributed by atoms with Crippen LogP contribution in [0.5, 0.6) is 5.75 Å². The summed E-state index contributed by atoms with van der Waals surface area (Å²) < 4.78 is 10.4. The smallest absolute Gasteiger partial charge is 0.305 e. The maximum Gasteiger partial charge on any atom is 0.305 e. The molecule has 0 radical (unpaired) electrons. The number of fused-ring (bicyclic) bond motifs is 1. The highest BCUT2D eigenvalue weighted by Crippen LogP contribution is 2.25. The number of benzene rings is 2. The topological polar surface area (TPSA) is 35.5 Å². The zero-order chi connectivity index (χ0) is 14.5. The van der Waals surface area contributed by atoms with Gasteiger partial charge in [0, 0.05) is 12.3 Å². The van der Waals surface area contributed by atoms with Gasteiger partial charge in [0.15, 0.2) is 0 Å². The Morgan fingerprint density at radius 3 is 2.55 bits per heavy atom. The molecule has 0 saturated carbocycles. The van der Waals surface area contributed by atoms with E-state index in [4.69, 9.17) is 9.47 Å². The summed E-state index contributed by atoms with van der Waals surface area (Å²) in [4.78, 5) is 11.2. The van der Waals surface area contributed by atoms with E-state index < -0.39 is 0 Å². The SMILES string of the molecule is CCC(=O)OC[C@H](C)c1ccc2cc(OC)ccc2c1. The van der Waals surface area contributed by atoms with Crippen LogP contribution in [0.15, 0.2) is 36.4 Å². The summed E-state index contributed by atoms with van der Waals surface area (Å²) >= 11 is 0. The molecule has 0 bridgehead atoms.